The Morgan fingerprint density at radius 2 is 1.67 bits per heavy atom. The zero-order valence-electron chi connectivity index (χ0n) is 11.5. The van der Waals surface area contributed by atoms with Crippen molar-refractivity contribution in [2.45, 2.75) is 12.8 Å². The molecular formula is C18H14N2O. The van der Waals surface area contributed by atoms with E-state index in [1.807, 2.05) is 53.2 Å². The lowest BCUT2D eigenvalue weighted by atomic mass is 10.0. The summed E-state index contributed by atoms with van der Waals surface area (Å²) in [6, 6.07) is 18.0. The monoisotopic (exact) mass is 274 g/mol. The molecule has 0 amide bonds. The summed E-state index contributed by atoms with van der Waals surface area (Å²) in [5, 5.41) is 4.44. The molecule has 0 unspecified atom stereocenters. The number of carbonyl (C=O) groups excluding carboxylic acids is 1. The van der Waals surface area contributed by atoms with Crippen molar-refractivity contribution in [1.29, 1.82) is 0 Å². The minimum absolute atomic E-state index is 0.248. The number of nitrogens with zero attached hydrogens (tertiary/aromatic N) is 2. The lowest BCUT2D eigenvalue weighted by Crippen LogP contribution is -2.00. The maximum absolute atomic E-state index is 11.9. The number of fused-ring (bicyclic) bond motifs is 1. The van der Waals surface area contributed by atoms with Crippen LogP contribution < -0.4 is 0 Å². The van der Waals surface area contributed by atoms with Crippen LogP contribution >= 0.6 is 0 Å². The van der Waals surface area contributed by atoms with Gasteiger partial charge in [-0.25, -0.2) is 4.68 Å². The second kappa shape index (κ2) is 4.70. The summed E-state index contributed by atoms with van der Waals surface area (Å²) in [6.45, 7) is 0. The molecular weight excluding hydrogens is 260 g/mol. The predicted octanol–water partition coefficient (Wildman–Crippen LogP) is 3.67. The van der Waals surface area contributed by atoms with E-state index >= 15 is 0 Å². The summed E-state index contributed by atoms with van der Waals surface area (Å²) in [5.41, 5.74) is 5.19. The number of carbonyl (C=O) groups is 1. The highest BCUT2D eigenvalue weighted by atomic mass is 16.1. The fraction of sp³-hybridized carbons (Fsp3) is 0.111. The number of rotatable bonds is 2. The van der Waals surface area contributed by atoms with E-state index in [-0.39, 0.29) is 5.78 Å². The van der Waals surface area contributed by atoms with Crippen molar-refractivity contribution in [2.75, 3.05) is 0 Å². The van der Waals surface area contributed by atoms with Gasteiger partial charge in [-0.2, -0.15) is 5.10 Å². The van der Waals surface area contributed by atoms with Gasteiger partial charge < -0.3 is 0 Å². The van der Waals surface area contributed by atoms with E-state index in [4.69, 9.17) is 0 Å². The quantitative estimate of drug-likeness (QED) is 0.714. The normalized spacial score (nSPS) is 13.4. The van der Waals surface area contributed by atoms with E-state index in [1.54, 1.807) is 6.20 Å². The summed E-state index contributed by atoms with van der Waals surface area (Å²) in [5.74, 6) is 0.248. The third-order valence-corrected chi connectivity index (χ3v) is 4.00. The molecule has 0 atom stereocenters. The summed E-state index contributed by atoms with van der Waals surface area (Å²) in [4.78, 5) is 11.9. The smallest absolute Gasteiger partial charge is 0.163 e. The van der Waals surface area contributed by atoms with Crippen LogP contribution in [0.3, 0.4) is 0 Å². The van der Waals surface area contributed by atoms with Crippen LogP contribution in [0.5, 0.6) is 0 Å². The van der Waals surface area contributed by atoms with Crippen molar-refractivity contribution in [3.05, 3.63) is 71.9 Å². The molecule has 102 valence electrons. The van der Waals surface area contributed by atoms with E-state index in [2.05, 4.69) is 11.2 Å². The van der Waals surface area contributed by atoms with Gasteiger partial charge in [-0.15, -0.1) is 0 Å². The van der Waals surface area contributed by atoms with Gasteiger partial charge >= 0.3 is 0 Å². The molecule has 21 heavy (non-hydrogen) atoms. The molecule has 0 bridgehead atoms. The van der Waals surface area contributed by atoms with Gasteiger partial charge in [-0.05, 0) is 30.2 Å². The number of aromatic nitrogens is 2. The zero-order chi connectivity index (χ0) is 14.2. The van der Waals surface area contributed by atoms with E-state index in [0.717, 1.165) is 34.5 Å². The first-order valence-electron chi connectivity index (χ1n) is 7.09. The highest BCUT2D eigenvalue weighted by molar-refractivity contribution is 6.02. The fourth-order valence-corrected chi connectivity index (χ4v) is 3.01. The zero-order valence-corrected chi connectivity index (χ0v) is 11.5. The molecule has 0 spiro atoms. The van der Waals surface area contributed by atoms with Crippen molar-refractivity contribution in [2.24, 2.45) is 0 Å². The molecule has 0 fully saturated rings. The molecule has 3 aromatic rings. The standard InChI is InChI=1S/C18H14N2O/c21-18-10-9-14-15(7-4-8-16(14)18)17-11-12-19-20(17)13-5-2-1-3-6-13/h1-8,11-12H,9-10H2. The molecule has 0 saturated heterocycles. The lowest BCUT2D eigenvalue weighted by molar-refractivity contribution is 0.0994. The maximum atomic E-state index is 11.9. The Kier molecular flexibility index (Phi) is 2.71. The molecule has 1 aliphatic rings. The molecule has 1 aromatic heterocycles. The van der Waals surface area contributed by atoms with Gasteiger partial charge in [0.2, 0.25) is 0 Å². The molecule has 0 saturated carbocycles. The average Bonchev–Trinajstić information content (AvgIpc) is 3.15. The van der Waals surface area contributed by atoms with Crippen LogP contribution in [0.1, 0.15) is 22.3 Å². The van der Waals surface area contributed by atoms with E-state index < -0.39 is 0 Å². The lowest BCUT2D eigenvalue weighted by Gasteiger charge is -2.11. The molecule has 0 aliphatic heterocycles. The molecule has 3 nitrogen and oxygen atoms in total. The largest absolute Gasteiger partial charge is 0.294 e. The van der Waals surface area contributed by atoms with E-state index in [0.29, 0.717) is 6.42 Å². The number of benzene rings is 2. The van der Waals surface area contributed by atoms with Crippen LogP contribution in [0.4, 0.5) is 0 Å². The second-order valence-corrected chi connectivity index (χ2v) is 5.22. The fourth-order valence-electron chi connectivity index (χ4n) is 3.01. The first-order chi connectivity index (χ1) is 10.3. The van der Waals surface area contributed by atoms with E-state index in [9.17, 15) is 4.79 Å². The molecule has 4 rings (SSSR count). The topological polar surface area (TPSA) is 34.9 Å². The summed E-state index contributed by atoms with van der Waals surface area (Å²) < 4.78 is 1.93. The van der Waals surface area contributed by atoms with Crippen molar-refractivity contribution in [1.82, 2.24) is 9.78 Å². The Labute approximate surface area is 122 Å². The first-order valence-corrected chi connectivity index (χ1v) is 7.09. The van der Waals surface area contributed by atoms with Gasteiger partial charge in [0.1, 0.15) is 0 Å². The summed E-state index contributed by atoms with van der Waals surface area (Å²) in [7, 11) is 0. The molecule has 1 aliphatic carbocycles. The Morgan fingerprint density at radius 3 is 2.52 bits per heavy atom. The van der Waals surface area contributed by atoms with Gasteiger partial charge in [0.25, 0.3) is 0 Å². The van der Waals surface area contributed by atoms with E-state index in [1.165, 1.54) is 0 Å². The maximum Gasteiger partial charge on any atom is 0.163 e. The Balaban J connectivity index is 1.91. The first kappa shape index (κ1) is 12.1. The van der Waals surface area contributed by atoms with Crippen LogP contribution in [0.25, 0.3) is 16.9 Å². The van der Waals surface area contributed by atoms with Gasteiger partial charge in [0.15, 0.2) is 5.78 Å². The minimum Gasteiger partial charge on any atom is -0.294 e. The van der Waals surface area contributed by atoms with Crippen LogP contribution in [0, 0.1) is 0 Å². The molecule has 0 radical (unpaired) electrons. The Bertz CT molecular complexity index is 818. The van der Waals surface area contributed by atoms with Crippen LogP contribution in [-0.4, -0.2) is 15.6 Å². The van der Waals surface area contributed by atoms with Crippen molar-refractivity contribution in [3.8, 4) is 16.9 Å². The summed E-state index contributed by atoms with van der Waals surface area (Å²) >= 11 is 0. The SMILES string of the molecule is O=C1CCc2c1cccc2-c1ccnn1-c1ccccc1. The van der Waals surface area contributed by atoms with Crippen LogP contribution in [0.2, 0.25) is 0 Å². The predicted molar refractivity (Wildman–Crippen MR) is 81.7 cm³/mol. The Hall–Kier alpha value is -2.68. The van der Waals surface area contributed by atoms with Crippen molar-refractivity contribution < 1.29 is 4.79 Å². The second-order valence-electron chi connectivity index (χ2n) is 5.22. The highest BCUT2D eigenvalue weighted by Gasteiger charge is 2.23. The van der Waals surface area contributed by atoms with Crippen LogP contribution in [0.15, 0.2) is 60.8 Å². The van der Waals surface area contributed by atoms with Gasteiger partial charge in [-0.1, -0.05) is 36.4 Å². The van der Waals surface area contributed by atoms with Crippen molar-refractivity contribution >= 4 is 5.78 Å². The Morgan fingerprint density at radius 1 is 0.857 bits per heavy atom. The van der Waals surface area contributed by atoms with Crippen LogP contribution in [-0.2, 0) is 6.42 Å². The number of para-hydroxylation sites is 1. The minimum atomic E-state index is 0.248. The number of Topliss-reactive ketones (excluding diaryl/α,β-unsaturated/α-hetero) is 1. The average molecular weight is 274 g/mol. The molecule has 0 N–H and O–H groups in total. The molecule has 3 heteroatoms. The van der Waals surface area contributed by atoms with Gasteiger partial charge in [0, 0.05) is 17.5 Å². The third-order valence-electron chi connectivity index (χ3n) is 4.00. The number of hydrogen-bond acceptors (Lipinski definition) is 2. The summed E-state index contributed by atoms with van der Waals surface area (Å²) in [6.07, 6.45) is 3.24. The number of ketones is 1. The highest BCUT2D eigenvalue weighted by Crippen LogP contribution is 2.33. The molecule has 1 heterocycles. The van der Waals surface area contributed by atoms with Gasteiger partial charge in [-0.3, -0.25) is 4.79 Å². The number of hydrogen-bond donors (Lipinski definition) is 0. The van der Waals surface area contributed by atoms with Crippen molar-refractivity contribution in [3.63, 3.8) is 0 Å². The van der Waals surface area contributed by atoms with Gasteiger partial charge in [0.05, 0.1) is 17.6 Å². The molecule has 2 aromatic carbocycles. The third kappa shape index (κ3) is 1.89.